The van der Waals surface area contributed by atoms with Gasteiger partial charge in [-0.25, -0.2) is 4.39 Å². The van der Waals surface area contributed by atoms with Gasteiger partial charge in [0.05, 0.1) is 16.6 Å². The predicted octanol–water partition coefficient (Wildman–Crippen LogP) is 2.45. The molecule has 0 atom stereocenters. The topological polar surface area (TPSA) is 63.4 Å². The first-order valence-electron chi connectivity index (χ1n) is 6.01. The molecular formula is C12H12F2N2O3S. The SMILES string of the molecule is O=C(c1cc(F)c([N+](=O)[O-])cc1F)N1CCCSCC1. The molecule has 0 unspecified atom stereocenters. The Morgan fingerprint density at radius 1 is 1.25 bits per heavy atom. The van der Waals surface area contributed by atoms with Crippen molar-refractivity contribution in [1.82, 2.24) is 4.90 Å². The molecule has 5 nitrogen and oxygen atoms in total. The van der Waals surface area contributed by atoms with Crippen LogP contribution < -0.4 is 0 Å². The molecule has 108 valence electrons. The number of benzene rings is 1. The molecule has 1 aliphatic heterocycles. The number of nitrogens with zero attached hydrogens (tertiary/aromatic N) is 2. The van der Waals surface area contributed by atoms with Gasteiger partial charge >= 0.3 is 5.69 Å². The van der Waals surface area contributed by atoms with E-state index in [9.17, 15) is 23.7 Å². The molecule has 1 aromatic carbocycles. The van der Waals surface area contributed by atoms with Gasteiger partial charge in [0.15, 0.2) is 0 Å². The fraction of sp³-hybridized carbons (Fsp3) is 0.417. The molecule has 0 saturated carbocycles. The van der Waals surface area contributed by atoms with Crippen molar-refractivity contribution in [1.29, 1.82) is 0 Å². The fourth-order valence-corrected chi connectivity index (χ4v) is 2.85. The summed E-state index contributed by atoms with van der Waals surface area (Å²) in [5, 5.41) is 10.5. The largest absolute Gasteiger partial charge is 0.338 e. The average molecular weight is 302 g/mol. The lowest BCUT2D eigenvalue weighted by Gasteiger charge is -2.20. The van der Waals surface area contributed by atoms with Crippen LogP contribution in [-0.4, -0.2) is 40.3 Å². The Morgan fingerprint density at radius 2 is 2.00 bits per heavy atom. The molecule has 1 heterocycles. The number of thioether (sulfide) groups is 1. The Balaban J connectivity index is 2.29. The van der Waals surface area contributed by atoms with Gasteiger partial charge in [-0.3, -0.25) is 14.9 Å². The third-order valence-electron chi connectivity index (χ3n) is 2.97. The number of nitro groups is 1. The van der Waals surface area contributed by atoms with Crippen LogP contribution in [0.1, 0.15) is 16.8 Å². The molecule has 1 amide bonds. The fourth-order valence-electron chi connectivity index (χ4n) is 1.96. The highest BCUT2D eigenvalue weighted by Crippen LogP contribution is 2.23. The van der Waals surface area contributed by atoms with Crippen LogP contribution in [-0.2, 0) is 0 Å². The molecule has 2 rings (SSSR count). The number of hydrogen-bond donors (Lipinski definition) is 0. The van der Waals surface area contributed by atoms with Crippen molar-refractivity contribution in [2.75, 3.05) is 24.6 Å². The summed E-state index contributed by atoms with van der Waals surface area (Å²) in [6.45, 7) is 0.936. The first kappa shape index (κ1) is 14.7. The number of halogens is 2. The van der Waals surface area contributed by atoms with E-state index in [4.69, 9.17) is 0 Å². The molecular weight excluding hydrogens is 290 g/mol. The predicted molar refractivity (Wildman–Crippen MR) is 70.9 cm³/mol. The van der Waals surface area contributed by atoms with Crippen LogP contribution in [0.25, 0.3) is 0 Å². The Morgan fingerprint density at radius 3 is 2.70 bits per heavy atom. The highest BCUT2D eigenvalue weighted by molar-refractivity contribution is 7.99. The maximum Gasteiger partial charge on any atom is 0.307 e. The first-order chi connectivity index (χ1) is 9.50. The molecule has 1 fully saturated rings. The molecule has 20 heavy (non-hydrogen) atoms. The van der Waals surface area contributed by atoms with E-state index in [1.165, 1.54) is 4.90 Å². The van der Waals surface area contributed by atoms with Gasteiger partial charge < -0.3 is 4.90 Å². The summed E-state index contributed by atoms with van der Waals surface area (Å²) >= 11 is 1.69. The second kappa shape index (κ2) is 6.17. The van der Waals surface area contributed by atoms with Gasteiger partial charge in [-0.15, -0.1) is 0 Å². The van der Waals surface area contributed by atoms with Crippen molar-refractivity contribution >= 4 is 23.4 Å². The monoisotopic (exact) mass is 302 g/mol. The second-order valence-electron chi connectivity index (χ2n) is 4.30. The summed E-state index contributed by atoms with van der Waals surface area (Å²) in [5.41, 5.74) is -1.43. The third kappa shape index (κ3) is 3.06. The van der Waals surface area contributed by atoms with Crippen LogP contribution in [0.15, 0.2) is 12.1 Å². The van der Waals surface area contributed by atoms with Gasteiger partial charge in [0.2, 0.25) is 5.82 Å². The maximum absolute atomic E-state index is 13.8. The Hall–Kier alpha value is -1.70. The summed E-state index contributed by atoms with van der Waals surface area (Å²) in [5.74, 6) is -1.24. The van der Waals surface area contributed by atoms with Crippen molar-refractivity contribution in [3.63, 3.8) is 0 Å². The zero-order chi connectivity index (χ0) is 14.7. The Kier molecular flexibility index (Phi) is 4.53. The number of nitro benzene ring substituents is 1. The second-order valence-corrected chi connectivity index (χ2v) is 5.52. The number of rotatable bonds is 2. The van der Waals surface area contributed by atoms with Crippen molar-refractivity contribution in [3.8, 4) is 0 Å². The van der Waals surface area contributed by atoms with E-state index in [2.05, 4.69) is 0 Å². The lowest BCUT2D eigenvalue weighted by Crippen LogP contribution is -2.33. The van der Waals surface area contributed by atoms with Crippen molar-refractivity contribution in [3.05, 3.63) is 39.4 Å². The molecule has 0 aliphatic carbocycles. The lowest BCUT2D eigenvalue weighted by molar-refractivity contribution is -0.387. The van der Waals surface area contributed by atoms with Crippen molar-refractivity contribution in [2.45, 2.75) is 6.42 Å². The van der Waals surface area contributed by atoms with E-state index in [1.54, 1.807) is 11.8 Å². The molecule has 0 spiro atoms. The summed E-state index contributed by atoms with van der Waals surface area (Å²) in [7, 11) is 0. The van der Waals surface area contributed by atoms with Gasteiger partial charge in [-0.2, -0.15) is 16.2 Å². The number of hydrogen-bond acceptors (Lipinski definition) is 4. The number of amides is 1. The summed E-state index contributed by atoms with van der Waals surface area (Å²) in [4.78, 5) is 23.1. The molecule has 0 bridgehead atoms. The Bertz CT molecular complexity index is 546. The quantitative estimate of drug-likeness (QED) is 0.622. The molecule has 8 heteroatoms. The van der Waals surface area contributed by atoms with Crippen LogP contribution >= 0.6 is 11.8 Å². The van der Waals surface area contributed by atoms with Crippen molar-refractivity contribution < 1.29 is 18.5 Å². The molecule has 1 aliphatic rings. The minimum Gasteiger partial charge on any atom is -0.338 e. The molecule has 0 radical (unpaired) electrons. The van der Waals surface area contributed by atoms with Crippen LogP contribution in [0.4, 0.5) is 14.5 Å². The number of carbonyl (C=O) groups is 1. The van der Waals surface area contributed by atoms with E-state index in [1.807, 2.05) is 0 Å². The van der Waals surface area contributed by atoms with Crippen LogP contribution in [0.3, 0.4) is 0 Å². The van der Waals surface area contributed by atoms with Crippen molar-refractivity contribution in [2.24, 2.45) is 0 Å². The third-order valence-corrected chi connectivity index (χ3v) is 4.02. The Labute approximate surface area is 118 Å². The molecule has 0 N–H and O–H groups in total. The molecule has 1 aromatic rings. The zero-order valence-electron chi connectivity index (χ0n) is 10.5. The lowest BCUT2D eigenvalue weighted by atomic mass is 10.1. The van der Waals surface area contributed by atoms with E-state index < -0.39 is 33.7 Å². The summed E-state index contributed by atoms with van der Waals surface area (Å²) in [6.07, 6.45) is 0.785. The zero-order valence-corrected chi connectivity index (χ0v) is 11.3. The maximum atomic E-state index is 13.8. The highest BCUT2D eigenvalue weighted by Gasteiger charge is 2.25. The normalized spacial score (nSPS) is 15.8. The van der Waals surface area contributed by atoms with Crippen LogP contribution in [0.2, 0.25) is 0 Å². The summed E-state index contributed by atoms with van der Waals surface area (Å²) < 4.78 is 27.3. The van der Waals surface area contributed by atoms with E-state index in [-0.39, 0.29) is 0 Å². The molecule has 1 saturated heterocycles. The van der Waals surface area contributed by atoms with Gasteiger partial charge in [0.1, 0.15) is 5.82 Å². The highest BCUT2D eigenvalue weighted by atomic mass is 32.2. The van der Waals surface area contributed by atoms with Gasteiger partial charge in [0.25, 0.3) is 5.91 Å². The van der Waals surface area contributed by atoms with Gasteiger partial charge in [0, 0.05) is 18.8 Å². The van der Waals surface area contributed by atoms with E-state index in [0.29, 0.717) is 25.2 Å². The standard InChI is InChI=1S/C12H12F2N2O3S/c13-9-7-11(16(18)19)10(14)6-8(9)12(17)15-2-1-4-20-5-3-15/h6-7H,1-5H2. The summed E-state index contributed by atoms with van der Waals surface area (Å²) in [6, 6.07) is 1.06. The number of carbonyl (C=O) groups excluding carboxylic acids is 1. The van der Waals surface area contributed by atoms with Gasteiger partial charge in [-0.05, 0) is 18.2 Å². The minimum absolute atomic E-state index is 0.454. The van der Waals surface area contributed by atoms with Crippen LogP contribution in [0, 0.1) is 21.7 Å². The van der Waals surface area contributed by atoms with Crippen LogP contribution in [0.5, 0.6) is 0 Å². The minimum atomic E-state index is -1.20. The molecule has 0 aromatic heterocycles. The smallest absolute Gasteiger partial charge is 0.307 e. The van der Waals surface area contributed by atoms with Gasteiger partial charge in [-0.1, -0.05) is 0 Å². The van der Waals surface area contributed by atoms with E-state index in [0.717, 1.165) is 17.9 Å². The first-order valence-corrected chi connectivity index (χ1v) is 7.16. The average Bonchev–Trinajstić information content (AvgIpc) is 2.68. The van der Waals surface area contributed by atoms with E-state index >= 15 is 0 Å².